The highest BCUT2D eigenvalue weighted by Gasteiger charge is 2.53. The second-order valence-corrected chi connectivity index (χ2v) is 5.88. The van der Waals surface area contributed by atoms with Crippen molar-refractivity contribution in [2.75, 3.05) is 19.7 Å². The summed E-state index contributed by atoms with van der Waals surface area (Å²) in [5.74, 6) is -0.932. The molecule has 116 valence electrons. The number of benzene rings is 1. The van der Waals surface area contributed by atoms with Crippen LogP contribution in [-0.4, -0.2) is 42.5 Å². The lowest BCUT2D eigenvalue weighted by Crippen LogP contribution is -2.38. The van der Waals surface area contributed by atoms with Gasteiger partial charge in [0, 0.05) is 18.1 Å². The Labute approximate surface area is 132 Å². The first kappa shape index (κ1) is 14.8. The Bertz CT molecular complexity index is 625. The van der Waals surface area contributed by atoms with Crippen molar-refractivity contribution in [1.29, 1.82) is 0 Å². The molecule has 22 heavy (non-hydrogen) atoms. The number of ether oxygens (including phenoxy) is 1. The van der Waals surface area contributed by atoms with Crippen molar-refractivity contribution in [2.24, 2.45) is 0 Å². The van der Waals surface area contributed by atoms with Gasteiger partial charge in [0.25, 0.3) is 5.91 Å². The highest BCUT2D eigenvalue weighted by atomic mass is 35.5. The van der Waals surface area contributed by atoms with Gasteiger partial charge in [-0.3, -0.25) is 14.5 Å². The quantitative estimate of drug-likeness (QED) is 0.852. The van der Waals surface area contributed by atoms with Crippen LogP contribution in [0.1, 0.15) is 18.4 Å². The Morgan fingerprint density at radius 1 is 1.27 bits per heavy atom. The van der Waals surface area contributed by atoms with Crippen molar-refractivity contribution in [3.05, 3.63) is 34.9 Å². The molecule has 0 unspecified atom stereocenters. The number of hydrogen-bond donors (Lipinski definition) is 1. The van der Waals surface area contributed by atoms with E-state index in [-0.39, 0.29) is 0 Å². The van der Waals surface area contributed by atoms with Gasteiger partial charge in [0.1, 0.15) is 0 Å². The van der Waals surface area contributed by atoms with Crippen LogP contribution in [0.4, 0.5) is 4.79 Å². The predicted octanol–water partition coefficient (Wildman–Crippen LogP) is 1.47. The average Bonchev–Trinajstić information content (AvgIpc) is 3.21. The van der Waals surface area contributed by atoms with Crippen LogP contribution >= 0.6 is 11.6 Å². The third-order valence-electron chi connectivity index (χ3n) is 4.02. The van der Waals surface area contributed by atoms with Crippen LogP contribution in [-0.2, 0) is 19.7 Å². The van der Waals surface area contributed by atoms with Gasteiger partial charge in [-0.1, -0.05) is 23.7 Å². The van der Waals surface area contributed by atoms with Crippen molar-refractivity contribution in [2.45, 2.75) is 18.3 Å². The number of esters is 1. The van der Waals surface area contributed by atoms with Crippen molar-refractivity contribution < 1.29 is 19.1 Å². The zero-order valence-corrected chi connectivity index (χ0v) is 12.6. The van der Waals surface area contributed by atoms with Gasteiger partial charge in [-0.15, -0.1) is 0 Å². The molecule has 1 aliphatic carbocycles. The van der Waals surface area contributed by atoms with E-state index in [1.165, 1.54) is 0 Å². The third-order valence-corrected chi connectivity index (χ3v) is 4.27. The molecule has 3 rings (SSSR count). The highest BCUT2D eigenvalue weighted by molar-refractivity contribution is 6.30. The summed E-state index contributed by atoms with van der Waals surface area (Å²) in [4.78, 5) is 36.6. The summed E-state index contributed by atoms with van der Waals surface area (Å²) in [7, 11) is 0. The van der Waals surface area contributed by atoms with E-state index < -0.39 is 29.9 Å². The maximum Gasteiger partial charge on any atom is 0.324 e. The zero-order valence-electron chi connectivity index (χ0n) is 11.8. The van der Waals surface area contributed by atoms with Gasteiger partial charge >= 0.3 is 12.0 Å². The Morgan fingerprint density at radius 2 is 1.95 bits per heavy atom. The molecule has 1 aromatic rings. The van der Waals surface area contributed by atoms with Crippen molar-refractivity contribution in [3.8, 4) is 0 Å². The lowest BCUT2D eigenvalue weighted by atomic mass is 9.96. The Morgan fingerprint density at radius 3 is 2.50 bits per heavy atom. The molecule has 0 spiro atoms. The van der Waals surface area contributed by atoms with Gasteiger partial charge in [-0.2, -0.15) is 0 Å². The molecule has 0 aromatic heterocycles. The van der Waals surface area contributed by atoms with Gasteiger partial charge in [0.2, 0.25) is 0 Å². The van der Waals surface area contributed by atoms with Crippen LogP contribution in [0, 0.1) is 0 Å². The Balaban J connectivity index is 1.61. The molecule has 7 heteroatoms. The minimum atomic E-state index is -0.669. The zero-order chi connectivity index (χ0) is 15.7. The standard InChI is InChI=1S/C15H15ClN2O4/c16-11-3-1-10(2-4-11)15(5-6-15)13(20)22-9-12(19)18-8-7-17-14(18)21/h1-4H,5-9H2,(H,17,21). The number of amides is 3. The number of urea groups is 1. The number of rotatable bonds is 4. The fourth-order valence-electron chi connectivity index (χ4n) is 2.56. The number of hydrogen-bond acceptors (Lipinski definition) is 4. The summed E-state index contributed by atoms with van der Waals surface area (Å²) in [5.41, 5.74) is 0.172. The summed E-state index contributed by atoms with van der Waals surface area (Å²) in [6.07, 6.45) is 1.37. The van der Waals surface area contributed by atoms with Gasteiger partial charge in [0.05, 0.1) is 5.41 Å². The van der Waals surface area contributed by atoms with Crippen LogP contribution in [0.15, 0.2) is 24.3 Å². The van der Waals surface area contributed by atoms with Crippen molar-refractivity contribution in [1.82, 2.24) is 10.2 Å². The van der Waals surface area contributed by atoms with E-state index in [9.17, 15) is 14.4 Å². The minimum absolute atomic E-state index is 0.303. The largest absolute Gasteiger partial charge is 0.455 e. The molecule has 1 saturated heterocycles. The molecule has 2 fully saturated rings. The van der Waals surface area contributed by atoms with Gasteiger partial charge in [-0.25, -0.2) is 4.79 Å². The average molecular weight is 323 g/mol. The predicted molar refractivity (Wildman–Crippen MR) is 78.4 cm³/mol. The van der Waals surface area contributed by atoms with Crippen LogP contribution in [0.25, 0.3) is 0 Å². The number of carbonyl (C=O) groups is 3. The second kappa shape index (κ2) is 5.61. The molecule has 1 saturated carbocycles. The molecular formula is C15H15ClN2O4. The topological polar surface area (TPSA) is 75.7 Å². The smallest absolute Gasteiger partial charge is 0.324 e. The van der Waals surface area contributed by atoms with Crippen LogP contribution in [0.3, 0.4) is 0 Å². The van der Waals surface area contributed by atoms with Crippen molar-refractivity contribution >= 4 is 29.5 Å². The fourth-order valence-corrected chi connectivity index (χ4v) is 2.68. The molecule has 6 nitrogen and oxygen atoms in total. The monoisotopic (exact) mass is 322 g/mol. The van der Waals surface area contributed by atoms with E-state index in [4.69, 9.17) is 16.3 Å². The van der Waals surface area contributed by atoms with Crippen molar-refractivity contribution in [3.63, 3.8) is 0 Å². The second-order valence-electron chi connectivity index (χ2n) is 5.44. The Kier molecular flexibility index (Phi) is 3.78. The van der Waals surface area contributed by atoms with E-state index in [1.807, 2.05) is 0 Å². The summed E-state index contributed by atoms with van der Waals surface area (Å²) in [6, 6.07) is 6.60. The number of carbonyl (C=O) groups excluding carboxylic acids is 3. The maximum atomic E-state index is 12.3. The summed E-state index contributed by atoms with van der Waals surface area (Å²) >= 11 is 5.85. The molecule has 0 radical (unpaired) electrons. The van der Waals surface area contributed by atoms with E-state index in [1.54, 1.807) is 24.3 Å². The van der Waals surface area contributed by atoms with Crippen LogP contribution in [0.5, 0.6) is 0 Å². The summed E-state index contributed by atoms with van der Waals surface area (Å²) in [5, 5.41) is 3.13. The molecule has 1 aromatic carbocycles. The normalized spacial score (nSPS) is 18.8. The lowest BCUT2D eigenvalue weighted by molar-refractivity contribution is -0.153. The summed E-state index contributed by atoms with van der Waals surface area (Å²) in [6.45, 7) is 0.312. The molecule has 0 bridgehead atoms. The van der Waals surface area contributed by atoms with Gasteiger partial charge in [0.15, 0.2) is 6.61 Å². The van der Waals surface area contributed by atoms with E-state index in [2.05, 4.69) is 5.32 Å². The number of nitrogens with one attached hydrogen (secondary N) is 1. The van der Waals surface area contributed by atoms with Crippen LogP contribution < -0.4 is 5.32 Å². The minimum Gasteiger partial charge on any atom is -0.455 e. The molecule has 1 N–H and O–H groups in total. The number of halogens is 1. The lowest BCUT2D eigenvalue weighted by Gasteiger charge is -2.16. The van der Waals surface area contributed by atoms with Crippen LogP contribution in [0.2, 0.25) is 5.02 Å². The fraction of sp³-hybridized carbons (Fsp3) is 0.400. The summed E-state index contributed by atoms with van der Waals surface area (Å²) < 4.78 is 5.13. The molecule has 2 aliphatic rings. The first-order chi connectivity index (χ1) is 10.5. The molecule has 1 aliphatic heterocycles. The first-order valence-corrected chi connectivity index (χ1v) is 7.42. The molecule has 0 atom stereocenters. The van der Waals surface area contributed by atoms with Gasteiger partial charge < -0.3 is 10.1 Å². The highest BCUT2D eigenvalue weighted by Crippen LogP contribution is 2.49. The Hall–Kier alpha value is -2.08. The van der Waals surface area contributed by atoms with E-state index in [0.29, 0.717) is 31.0 Å². The third kappa shape index (κ3) is 2.66. The first-order valence-electron chi connectivity index (χ1n) is 7.04. The SMILES string of the molecule is O=C(COC(=O)C1(c2ccc(Cl)cc2)CC1)N1CCNC1=O. The maximum absolute atomic E-state index is 12.3. The number of nitrogens with zero attached hydrogens (tertiary/aromatic N) is 1. The van der Waals surface area contributed by atoms with E-state index in [0.717, 1.165) is 10.5 Å². The molecule has 3 amide bonds. The number of imide groups is 1. The molecule has 1 heterocycles. The molecular weight excluding hydrogens is 308 g/mol. The van der Waals surface area contributed by atoms with Gasteiger partial charge in [-0.05, 0) is 30.5 Å². The van der Waals surface area contributed by atoms with E-state index >= 15 is 0 Å².